The van der Waals surface area contributed by atoms with Gasteiger partial charge in [-0.15, -0.1) is 0 Å². The second kappa shape index (κ2) is 15.4. The minimum Gasteiger partial charge on any atom is -0.496 e. The highest BCUT2D eigenvalue weighted by molar-refractivity contribution is 5.23. The molecule has 0 bridgehead atoms. The number of hydrogen-bond donors (Lipinski definition) is 3. The highest BCUT2D eigenvalue weighted by Gasteiger charge is 2.41. The van der Waals surface area contributed by atoms with Crippen LogP contribution in [0.1, 0.15) is 73.1 Å². The number of methoxy groups -OCH3 is 1. The van der Waals surface area contributed by atoms with Crippen LogP contribution in [0.3, 0.4) is 0 Å². The molecule has 1 aliphatic rings. The van der Waals surface area contributed by atoms with E-state index < -0.39 is 12.2 Å². The predicted octanol–water partition coefficient (Wildman–Crippen LogP) is 5.18. The van der Waals surface area contributed by atoms with Gasteiger partial charge in [0, 0.05) is 6.54 Å². The molecule has 3 N–H and O–H groups in total. The first-order chi connectivity index (χ1) is 15.6. The van der Waals surface area contributed by atoms with Crippen LogP contribution in [-0.4, -0.2) is 61.6 Å². The molecular weight excluding hydrogens is 412 g/mol. The number of rotatable bonds is 14. The van der Waals surface area contributed by atoms with Gasteiger partial charge < -0.3 is 25.2 Å². The van der Waals surface area contributed by atoms with E-state index in [2.05, 4.69) is 56.1 Å². The van der Waals surface area contributed by atoms with Gasteiger partial charge in [-0.25, -0.2) is 0 Å². The lowest BCUT2D eigenvalue weighted by Crippen LogP contribution is -2.46. The number of aliphatic hydroxyl groups is 2. The summed E-state index contributed by atoms with van der Waals surface area (Å²) in [7, 11) is 5.67. The van der Waals surface area contributed by atoms with Crippen molar-refractivity contribution in [3.05, 3.63) is 46.4 Å². The summed E-state index contributed by atoms with van der Waals surface area (Å²) in [5, 5.41) is 25.3. The molecule has 0 aliphatic heterocycles. The fraction of sp³-hybridized carbons (Fsp3) is 0.714. The van der Waals surface area contributed by atoms with Crippen molar-refractivity contribution in [1.82, 2.24) is 10.2 Å². The average molecular weight is 463 g/mol. The van der Waals surface area contributed by atoms with Crippen LogP contribution in [0, 0.1) is 11.8 Å². The first-order valence-electron chi connectivity index (χ1n) is 12.6. The minimum atomic E-state index is -0.708. The van der Waals surface area contributed by atoms with Gasteiger partial charge in [0.15, 0.2) is 0 Å². The van der Waals surface area contributed by atoms with Gasteiger partial charge >= 0.3 is 0 Å². The summed E-state index contributed by atoms with van der Waals surface area (Å²) in [6.07, 6.45) is 11.5. The summed E-state index contributed by atoms with van der Waals surface area (Å²) in [6.45, 7) is 12.4. The molecule has 1 rings (SSSR count). The monoisotopic (exact) mass is 462 g/mol. The Kier molecular flexibility index (Phi) is 13.7. The molecule has 0 spiro atoms. The van der Waals surface area contributed by atoms with E-state index in [1.54, 1.807) is 7.11 Å². The molecule has 0 fully saturated rings. The maximum Gasteiger partial charge on any atom is 0.146 e. The summed E-state index contributed by atoms with van der Waals surface area (Å²) in [4.78, 5) is 2.14. The first-order valence-corrected chi connectivity index (χ1v) is 12.6. The lowest BCUT2D eigenvalue weighted by atomic mass is 9.75. The Morgan fingerprint density at radius 1 is 0.970 bits per heavy atom. The van der Waals surface area contributed by atoms with Crippen molar-refractivity contribution < 1.29 is 14.9 Å². The zero-order valence-electron chi connectivity index (χ0n) is 22.4. The van der Waals surface area contributed by atoms with Gasteiger partial charge in [0.2, 0.25) is 0 Å². The predicted molar refractivity (Wildman–Crippen MR) is 140 cm³/mol. The zero-order valence-corrected chi connectivity index (χ0v) is 22.4. The van der Waals surface area contributed by atoms with Crippen LogP contribution in [0.5, 0.6) is 0 Å². The maximum atomic E-state index is 11.1. The average Bonchev–Trinajstić information content (AvgIpc) is 2.74. The Balaban J connectivity index is 2.70. The summed E-state index contributed by atoms with van der Waals surface area (Å²) in [5.41, 5.74) is 4.80. The number of nitrogens with one attached hydrogen (secondary N) is 1. The lowest BCUT2D eigenvalue weighted by Gasteiger charge is -2.39. The fourth-order valence-electron chi connectivity index (χ4n) is 4.34. The highest BCUT2D eigenvalue weighted by atomic mass is 16.5. The van der Waals surface area contributed by atoms with Gasteiger partial charge in [-0.05, 0) is 98.7 Å². The minimum absolute atomic E-state index is 0.0495. The van der Waals surface area contributed by atoms with Gasteiger partial charge in [0.25, 0.3) is 0 Å². The molecular formula is C28H50N2O3. The van der Waals surface area contributed by atoms with E-state index in [-0.39, 0.29) is 11.8 Å². The molecule has 0 heterocycles. The molecule has 0 radical (unpaired) electrons. The molecule has 4 atom stereocenters. The second-order valence-corrected chi connectivity index (χ2v) is 10.2. The number of allylic oxidation sites excluding steroid dienone is 6. The van der Waals surface area contributed by atoms with Crippen molar-refractivity contribution >= 4 is 0 Å². The van der Waals surface area contributed by atoms with E-state index in [0.29, 0.717) is 11.5 Å². The highest BCUT2D eigenvalue weighted by Crippen LogP contribution is 2.36. The van der Waals surface area contributed by atoms with E-state index in [4.69, 9.17) is 4.74 Å². The Hall–Kier alpha value is -1.56. The van der Waals surface area contributed by atoms with Crippen molar-refractivity contribution in [2.24, 2.45) is 11.8 Å². The molecule has 190 valence electrons. The molecule has 0 aromatic carbocycles. The van der Waals surface area contributed by atoms with E-state index >= 15 is 0 Å². The van der Waals surface area contributed by atoms with Crippen LogP contribution in [0.2, 0.25) is 0 Å². The quantitative estimate of drug-likeness (QED) is 0.245. The smallest absolute Gasteiger partial charge is 0.146 e. The van der Waals surface area contributed by atoms with Crippen molar-refractivity contribution in [2.75, 3.05) is 34.3 Å². The Labute approximate surface area is 203 Å². The standard InChI is InChI=1S/C28H50N2O3/c1-20(2)12-9-13-21(3)14-10-15-22(4)16-17-24-23(5)26(31)28(33-8)25(27(24)32)29-18-11-19-30(6)7/h12,14,16,23-24,26-27,29,31-32H,9-11,13,15,17-19H2,1-8H3/b21-14+,22-16+/t23-,24-,26?,27-/m0/s1. The Morgan fingerprint density at radius 3 is 2.15 bits per heavy atom. The summed E-state index contributed by atoms with van der Waals surface area (Å²) < 4.78 is 5.50. The van der Waals surface area contributed by atoms with Crippen LogP contribution < -0.4 is 5.32 Å². The Bertz CT molecular complexity index is 702. The SMILES string of the molecule is COC1=C(NCCCN(C)C)[C@@H](O)[C@@H](C/C=C(\C)CC/C=C(\C)CCC=C(C)C)[C@H](C)C1O. The number of hydrogen-bond acceptors (Lipinski definition) is 5. The topological polar surface area (TPSA) is 65.0 Å². The molecule has 0 saturated carbocycles. The van der Waals surface area contributed by atoms with Gasteiger partial charge in [-0.2, -0.15) is 0 Å². The van der Waals surface area contributed by atoms with Crippen LogP contribution in [-0.2, 0) is 4.74 Å². The molecule has 0 aromatic heterocycles. The molecule has 0 saturated heterocycles. The molecule has 1 unspecified atom stereocenters. The van der Waals surface area contributed by atoms with E-state index in [1.807, 2.05) is 21.0 Å². The molecule has 5 heteroatoms. The second-order valence-electron chi connectivity index (χ2n) is 10.2. The largest absolute Gasteiger partial charge is 0.496 e. The van der Waals surface area contributed by atoms with E-state index in [9.17, 15) is 10.2 Å². The third kappa shape index (κ3) is 10.5. The van der Waals surface area contributed by atoms with Crippen molar-refractivity contribution in [3.8, 4) is 0 Å². The van der Waals surface area contributed by atoms with E-state index in [0.717, 1.165) is 51.6 Å². The molecule has 5 nitrogen and oxygen atoms in total. The van der Waals surface area contributed by atoms with Crippen LogP contribution in [0.4, 0.5) is 0 Å². The zero-order chi connectivity index (χ0) is 25.0. The third-order valence-electron chi connectivity index (χ3n) is 6.59. The molecule has 1 aliphatic carbocycles. The molecule has 0 aromatic rings. The lowest BCUT2D eigenvalue weighted by molar-refractivity contribution is -0.00915. The number of aliphatic hydroxyl groups excluding tert-OH is 2. The van der Waals surface area contributed by atoms with Gasteiger partial charge in [-0.1, -0.05) is 41.9 Å². The summed E-state index contributed by atoms with van der Waals surface area (Å²) in [5.74, 6) is 0.348. The van der Waals surface area contributed by atoms with E-state index in [1.165, 1.54) is 16.7 Å². The summed E-state index contributed by atoms with van der Waals surface area (Å²) >= 11 is 0. The van der Waals surface area contributed by atoms with Crippen molar-refractivity contribution in [1.29, 1.82) is 0 Å². The fourth-order valence-corrected chi connectivity index (χ4v) is 4.34. The van der Waals surface area contributed by atoms with Gasteiger partial charge in [0.1, 0.15) is 18.0 Å². The van der Waals surface area contributed by atoms with Crippen LogP contribution in [0.25, 0.3) is 0 Å². The maximum absolute atomic E-state index is 11.1. The Morgan fingerprint density at radius 2 is 1.58 bits per heavy atom. The van der Waals surface area contributed by atoms with Crippen LogP contribution in [0.15, 0.2) is 46.4 Å². The third-order valence-corrected chi connectivity index (χ3v) is 6.59. The normalized spacial score (nSPS) is 24.3. The summed E-state index contributed by atoms with van der Waals surface area (Å²) in [6, 6.07) is 0. The number of ether oxygens (including phenoxy) is 1. The van der Waals surface area contributed by atoms with Crippen LogP contribution >= 0.6 is 0 Å². The number of nitrogens with zero attached hydrogens (tertiary/aromatic N) is 1. The van der Waals surface area contributed by atoms with Gasteiger partial charge in [0.05, 0.1) is 12.8 Å². The van der Waals surface area contributed by atoms with Crippen molar-refractivity contribution in [3.63, 3.8) is 0 Å². The molecule has 0 amide bonds. The van der Waals surface area contributed by atoms with Gasteiger partial charge in [-0.3, -0.25) is 0 Å². The first kappa shape index (κ1) is 29.5. The molecule has 33 heavy (non-hydrogen) atoms. The van der Waals surface area contributed by atoms with Crippen molar-refractivity contribution in [2.45, 2.75) is 85.4 Å².